The molecule has 4 rings (SSSR count). The molecular weight excluding hydrogens is 318 g/mol. The van der Waals surface area contributed by atoms with Crippen LogP contribution in [0.3, 0.4) is 0 Å². The second kappa shape index (κ2) is 6.31. The maximum Gasteiger partial charge on any atom is 0.270 e. The summed E-state index contributed by atoms with van der Waals surface area (Å²) < 4.78 is 0. The maximum absolute atomic E-state index is 12.5. The fourth-order valence-corrected chi connectivity index (χ4v) is 3.45. The van der Waals surface area contributed by atoms with Crippen LogP contribution in [0.1, 0.15) is 34.6 Å². The first-order valence-electron chi connectivity index (χ1n) is 8.69. The number of aromatic amines is 1. The lowest BCUT2D eigenvalue weighted by Gasteiger charge is -2.44. The van der Waals surface area contributed by atoms with Gasteiger partial charge in [-0.3, -0.25) is 9.59 Å². The van der Waals surface area contributed by atoms with E-state index in [0.717, 1.165) is 37.4 Å². The molecule has 0 radical (unpaired) electrons. The highest BCUT2D eigenvalue weighted by atomic mass is 16.2. The third kappa shape index (κ3) is 3.01. The molecule has 0 bridgehead atoms. The minimum Gasteiger partial charge on any atom is -0.351 e. The van der Waals surface area contributed by atoms with E-state index >= 15 is 0 Å². The van der Waals surface area contributed by atoms with Crippen molar-refractivity contribution in [2.75, 3.05) is 25.0 Å². The van der Waals surface area contributed by atoms with Crippen molar-refractivity contribution < 1.29 is 4.79 Å². The summed E-state index contributed by atoms with van der Waals surface area (Å²) in [6, 6.07) is 6.88. The summed E-state index contributed by atoms with van der Waals surface area (Å²) in [4.78, 5) is 30.3. The molecule has 1 amide bonds. The molecule has 1 N–H and O–H groups in total. The molecule has 1 aliphatic heterocycles. The SMILES string of the molecule is CN(C(=O)c1cccc(=O)[nH]1)C1CN(c2cc3c(nn2)CCCC3)C1. The van der Waals surface area contributed by atoms with E-state index in [9.17, 15) is 9.59 Å². The standard InChI is InChI=1S/C18H21N5O2/c1-22(18(25)15-7-4-8-17(24)19-15)13-10-23(11-13)16-9-12-5-2-3-6-14(12)20-21-16/h4,7-9,13H,2-3,5-6,10-11H2,1H3,(H,19,24). The van der Waals surface area contributed by atoms with Crippen LogP contribution in [-0.4, -0.2) is 52.2 Å². The molecule has 0 saturated carbocycles. The van der Waals surface area contributed by atoms with Gasteiger partial charge >= 0.3 is 0 Å². The molecule has 7 heteroatoms. The Bertz CT molecular complexity index is 857. The highest BCUT2D eigenvalue weighted by molar-refractivity contribution is 5.92. The summed E-state index contributed by atoms with van der Waals surface area (Å²) >= 11 is 0. The minimum absolute atomic E-state index is 0.106. The number of H-pyrrole nitrogens is 1. The molecule has 25 heavy (non-hydrogen) atoms. The number of amides is 1. The number of anilines is 1. The molecule has 130 valence electrons. The van der Waals surface area contributed by atoms with E-state index in [2.05, 4.69) is 26.1 Å². The van der Waals surface area contributed by atoms with Crippen molar-refractivity contribution in [2.45, 2.75) is 31.7 Å². The molecule has 1 aliphatic carbocycles. The molecule has 2 aromatic heterocycles. The summed E-state index contributed by atoms with van der Waals surface area (Å²) in [5.74, 6) is 0.727. The number of fused-ring (bicyclic) bond motifs is 1. The molecule has 7 nitrogen and oxygen atoms in total. The monoisotopic (exact) mass is 339 g/mol. The Morgan fingerprint density at radius 2 is 2.04 bits per heavy atom. The number of aryl methyl sites for hydroxylation is 2. The van der Waals surface area contributed by atoms with Gasteiger partial charge in [-0.05, 0) is 43.4 Å². The van der Waals surface area contributed by atoms with Crippen LogP contribution in [0.5, 0.6) is 0 Å². The summed E-state index contributed by atoms with van der Waals surface area (Å²) in [6.45, 7) is 1.46. The number of hydrogen-bond donors (Lipinski definition) is 1. The van der Waals surface area contributed by atoms with Gasteiger partial charge < -0.3 is 14.8 Å². The Labute approximate surface area is 145 Å². The van der Waals surface area contributed by atoms with Gasteiger partial charge in [-0.1, -0.05) is 6.07 Å². The Morgan fingerprint density at radius 1 is 1.24 bits per heavy atom. The topological polar surface area (TPSA) is 82.2 Å². The van der Waals surface area contributed by atoms with E-state index in [-0.39, 0.29) is 17.5 Å². The third-order valence-corrected chi connectivity index (χ3v) is 5.11. The second-order valence-electron chi connectivity index (χ2n) is 6.79. The van der Waals surface area contributed by atoms with Crippen molar-refractivity contribution in [2.24, 2.45) is 0 Å². The first kappa shape index (κ1) is 15.8. The lowest BCUT2D eigenvalue weighted by molar-refractivity contribution is 0.0698. The molecular formula is C18H21N5O2. The van der Waals surface area contributed by atoms with Crippen LogP contribution < -0.4 is 10.5 Å². The zero-order chi connectivity index (χ0) is 17.4. The van der Waals surface area contributed by atoms with Gasteiger partial charge in [-0.25, -0.2) is 0 Å². The molecule has 0 spiro atoms. The van der Waals surface area contributed by atoms with Gasteiger partial charge in [0.05, 0.1) is 11.7 Å². The Hall–Kier alpha value is -2.70. The predicted octanol–water partition coefficient (Wildman–Crippen LogP) is 1.00. The summed E-state index contributed by atoms with van der Waals surface area (Å²) in [5, 5.41) is 8.72. The van der Waals surface area contributed by atoms with Crippen LogP contribution in [0.25, 0.3) is 0 Å². The number of carbonyl (C=O) groups is 1. The Morgan fingerprint density at radius 3 is 2.84 bits per heavy atom. The minimum atomic E-state index is -0.265. The van der Waals surface area contributed by atoms with Crippen LogP contribution in [0.2, 0.25) is 0 Å². The van der Waals surface area contributed by atoms with E-state index < -0.39 is 0 Å². The van der Waals surface area contributed by atoms with Gasteiger partial charge in [0.1, 0.15) is 5.69 Å². The van der Waals surface area contributed by atoms with Crippen LogP contribution in [0.15, 0.2) is 29.1 Å². The zero-order valence-electron chi connectivity index (χ0n) is 14.2. The summed E-state index contributed by atoms with van der Waals surface area (Å²) in [7, 11) is 1.77. The molecule has 0 unspecified atom stereocenters. The normalized spacial score (nSPS) is 16.9. The highest BCUT2D eigenvalue weighted by Gasteiger charge is 2.34. The number of aromatic nitrogens is 3. The van der Waals surface area contributed by atoms with Crippen LogP contribution in [0, 0.1) is 0 Å². The van der Waals surface area contributed by atoms with Gasteiger partial charge in [-0.15, -0.1) is 5.10 Å². The molecule has 1 fully saturated rings. The quantitative estimate of drug-likeness (QED) is 0.902. The van der Waals surface area contributed by atoms with E-state index in [1.807, 2.05) is 0 Å². The largest absolute Gasteiger partial charge is 0.351 e. The van der Waals surface area contributed by atoms with E-state index in [0.29, 0.717) is 5.69 Å². The van der Waals surface area contributed by atoms with Crippen molar-refractivity contribution in [3.63, 3.8) is 0 Å². The smallest absolute Gasteiger partial charge is 0.270 e. The average Bonchev–Trinajstić information content (AvgIpc) is 2.59. The molecule has 2 aliphatic rings. The number of likely N-dealkylation sites (N-methyl/N-ethyl adjacent to an activating group) is 1. The second-order valence-corrected chi connectivity index (χ2v) is 6.79. The number of rotatable bonds is 3. The van der Waals surface area contributed by atoms with E-state index in [1.165, 1.54) is 24.5 Å². The number of carbonyl (C=O) groups excluding carboxylic acids is 1. The first-order chi connectivity index (χ1) is 12.1. The van der Waals surface area contributed by atoms with E-state index in [4.69, 9.17) is 0 Å². The van der Waals surface area contributed by atoms with Crippen molar-refractivity contribution in [1.29, 1.82) is 0 Å². The van der Waals surface area contributed by atoms with Gasteiger partial charge in [0.2, 0.25) is 5.56 Å². The van der Waals surface area contributed by atoms with Crippen LogP contribution in [0.4, 0.5) is 5.82 Å². The summed E-state index contributed by atoms with van der Waals surface area (Å²) in [6.07, 6.45) is 4.52. The number of pyridine rings is 1. The van der Waals surface area contributed by atoms with Crippen LogP contribution >= 0.6 is 0 Å². The average molecular weight is 339 g/mol. The lowest BCUT2D eigenvalue weighted by atomic mass is 9.96. The Kier molecular flexibility index (Phi) is 3.99. The summed E-state index contributed by atoms with van der Waals surface area (Å²) in [5.41, 5.74) is 2.50. The molecule has 3 heterocycles. The molecule has 1 saturated heterocycles. The number of nitrogens with one attached hydrogen (secondary N) is 1. The predicted molar refractivity (Wildman–Crippen MR) is 93.8 cm³/mol. The fraction of sp³-hybridized carbons (Fsp3) is 0.444. The van der Waals surface area contributed by atoms with Gasteiger partial charge in [0.15, 0.2) is 5.82 Å². The lowest BCUT2D eigenvalue weighted by Crippen LogP contribution is -2.60. The van der Waals surface area contributed by atoms with Crippen molar-refractivity contribution >= 4 is 11.7 Å². The van der Waals surface area contributed by atoms with Crippen molar-refractivity contribution in [1.82, 2.24) is 20.1 Å². The third-order valence-electron chi connectivity index (χ3n) is 5.11. The van der Waals surface area contributed by atoms with Gasteiger partial charge in [0, 0.05) is 26.2 Å². The first-order valence-corrected chi connectivity index (χ1v) is 8.69. The molecule has 2 aromatic rings. The Balaban J connectivity index is 1.41. The molecule has 0 aromatic carbocycles. The zero-order valence-corrected chi connectivity index (χ0v) is 14.2. The highest BCUT2D eigenvalue weighted by Crippen LogP contribution is 2.26. The van der Waals surface area contributed by atoms with Crippen molar-refractivity contribution in [3.8, 4) is 0 Å². The van der Waals surface area contributed by atoms with Gasteiger partial charge in [-0.2, -0.15) is 5.10 Å². The maximum atomic E-state index is 12.5. The van der Waals surface area contributed by atoms with E-state index in [1.54, 1.807) is 24.1 Å². The number of hydrogen-bond acceptors (Lipinski definition) is 5. The van der Waals surface area contributed by atoms with Crippen molar-refractivity contribution in [3.05, 3.63) is 51.6 Å². The fourth-order valence-electron chi connectivity index (χ4n) is 3.45. The number of nitrogens with zero attached hydrogens (tertiary/aromatic N) is 4. The molecule has 0 atom stereocenters. The van der Waals surface area contributed by atoms with Crippen LogP contribution in [-0.2, 0) is 12.8 Å². The van der Waals surface area contributed by atoms with Gasteiger partial charge in [0.25, 0.3) is 5.91 Å².